The Hall–Kier alpha value is -0.830. The molecular formula is C14H23NOS. The van der Waals surface area contributed by atoms with Crippen LogP contribution in [0.3, 0.4) is 0 Å². The second-order valence-corrected chi connectivity index (χ2v) is 6.04. The Morgan fingerprint density at radius 3 is 2.59 bits per heavy atom. The Morgan fingerprint density at radius 1 is 1.24 bits per heavy atom. The van der Waals surface area contributed by atoms with E-state index in [0.717, 1.165) is 41.4 Å². The molecule has 17 heavy (non-hydrogen) atoms. The van der Waals surface area contributed by atoms with Gasteiger partial charge in [0.15, 0.2) is 0 Å². The predicted molar refractivity (Wildman–Crippen MR) is 77.7 cm³/mol. The lowest BCUT2D eigenvalue weighted by molar-refractivity contribution is 0.320. The standard InChI is InChI=1S/C14H23NOS/c1-11(2)12(3)17-10-6-9-16-14-8-5-4-7-13(14)15/h4-5,7-8,11-12H,6,9-10,15H2,1-3H3. The number of anilines is 1. The summed E-state index contributed by atoms with van der Waals surface area (Å²) < 4.78 is 5.64. The molecule has 0 heterocycles. The molecule has 0 aliphatic carbocycles. The van der Waals surface area contributed by atoms with E-state index in [1.165, 1.54) is 0 Å². The lowest BCUT2D eigenvalue weighted by Gasteiger charge is -2.15. The highest BCUT2D eigenvalue weighted by Crippen LogP contribution is 2.21. The molecule has 0 saturated carbocycles. The molecule has 1 unspecified atom stereocenters. The van der Waals surface area contributed by atoms with Crippen molar-refractivity contribution in [2.24, 2.45) is 5.92 Å². The highest BCUT2D eigenvalue weighted by molar-refractivity contribution is 7.99. The van der Waals surface area contributed by atoms with Crippen LogP contribution in [0.25, 0.3) is 0 Å². The molecule has 2 nitrogen and oxygen atoms in total. The zero-order chi connectivity index (χ0) is 12.7. The first-order valence-electron chi connectivity index (χ1n) is 6.20. The second kappa shape index (κ2) is 7.49. The van der Waals surface area contributed by atoms with E-state index in [4.69, 9.17) is 10.5 Å². The smallest absolute Gasteiger partial charge is 0.142 e. The van der Waals surface area contributed by atoms with E-state index < -0.39 is 0 Å². The minimum absolute atomic E-state index is 0.718. The lowest BCUT2D eigenvalue weighted by Crippen LogP contribution is -2.08. The molecule has 0 aromatic heterocycles. The third kappa shape index (κ3) is 5.35. The molecule has 1 aromatic carbocycles. The van der Waals surface area contributed by atoms with Gasteiger partial charge in [-0.25, -0.2) is 0 Å². The highest BCUT2D eigenvalue weighted by Gasteiger charge is 2.06. The lowest BCUT2D eigenvalue weighted by atomic mass is 10.2. The number of benzene rings is 1. The van der Waals surface area contributed by atoms with Gasteiger partial charge >= 0.3 is 0 Å². The van der Waals surface area contributed by atoms with Gasteiger partial charge in [-0.1, -0.05) is 32.9 Å². The van der Waals surface area contributed by atoms with Crippen molar-refractivity contribution in [3.63, 3.8) is 0 Å². The maximum absolute atomic E-state index is 5.79. The van der Waals surface area contributed by atoms with Crippen LogP contribution >= 0.6 is 11.8 Å². The monoisotopic (exact) mass is 253 g/mol. The molecule has 2 N–H and O–H groups in total. The van der Waals surface area contributed by atoms with E-state index in [9.17, 15) is 0 Å². The maximum Gasteiger partial charge on any atom is 0.142 e. The van der Waals surface area contributed by atoms with Gasteiger partial charge in [0.25, 0.3) is 0 Å². The van der Waals surface area contributed by atoms with Crippen molar-refractivity contribution < 1.29 is 4.74 Å². The van der Waals surface area contributed by atoms with Gasteiger partial charge in [0.2, 0.25) is 0 Å². The SMILES string of the molecule is CC(C)C(C)SCCCOc1ccccc1N. The molecule has 0 fully saturated rings. The molecule has 0 spiro atoms. The topological polar surface area (TPSA) is 35.2 Å². The number of hydrogen-bond acceptors (Lipinski definition) is 3. The summed E-state index contributed by atoms with van der Waals surface area (Å²) in [5.74, 6) is 2.69. The summed E-state index contributed by atoms with van der Waals surface area (Å²) >= 11 is 2.01. The van der Waals surface area contributed by atoms with Crippen LogP contribution in [-0.2, 0) is 0 Å². The second-order valence-electron chi connectivity index (χ2n) is 4.56. The molecule has 0 amide bonds. The van der Waals surface area contributed by atoms with E-state index in [2.05, 4.69) is 20.8 Å². The fraction of sp³-hybridized carbons (Fsp3) is 0.571. The maximum atomic E-state index is 5.79. The van der Waals surface area contributed by atoms with Crippen molar-refractivity contribution in [2.75, 3.05) is 18.1 Å². The van der Waals surface area contributed by atoms with Crippen LogP contribution in [0.4, 0.5) is 5.69 Å². The van der Waals surface area contributed by atoms with E-state index in [1.54, 1.807) is 0 Å². The molecule has 96 valence electrons. The summed E-state index contributed by atoms with van der Waals surface area (Å²) in [7, 11) is 0. The summed E-state index contributed by atoms with van der Waals surface area (Å²) in [5, 5.41) is 0.719. The van der Waals surface area contributed by atoms with Gasteiger partial charge in [0, 0.05) is 5.25 Å². The zero-order valence-electron chi connectivity index (χ0n) is 11.0. The van der Waals surface area contributed by atoms with Crippen LogP contribution in [0.1, 0.15) is 27.2 Å². The van der Waals surface area contributed by atoms with Crippen molar-refractivity contribution >= 4 is 17.4 Å². The van der Waals surface area contributed by atoms with Crippen molar-refractivity contribution in [1.29, 1.82) is 0 Å². The van der Waals surface area contributed by atoms with Crippen LogP contribution < -0.4 is 10.5 Å². The first-order valence-corrected chi connectivity index (χ1v) is 7.25. The number of thioether (sulfide) groups is 1. The number of ether oxygens (including phenoxy) is 1. The minimum atomic E-state index is 0.718. The summed E-state index contributed by atoms with van der Waals surface area (Å²) in [6, 6.07) is 7.65. The van der Waals surface area contributed by atoms with Crippen molar-refractivity contribution in [3.05, 3.63) is 24.3 Å². The van der Waals surface area contributed by atoms with Crippen LogP contribution in [0.2, 0.25) is 0 Å². The molecule has 0 aliphatic rings. The Labute approximate surface area is 109 Å². The summed E-state index contributed by atoms with van der Waals surface area (Å²) in [5.41, 5.74) is 6.51. The fourth-order valence-electron chi connectivity index (χ4n) is 1.31. The minimum Gasteiger partial charge on any atom is -0.491 e. The molecule has 3 heteroatoms. The Kier molecular flexibility index (Phi) is 6.27. The van der Waals surface area contributed by atoms with Crippen molar-refractivity contribution in [2.45, 2.75) is 32.4 Å². The fourth-order valence-corrected chi connectivity index (χ4v) is 2.36. The van der Waals surface area contributed by atoms with Gasteiger partial charge in [-0.3, -0.25) is 0 Å². The molecule has 0 saturated heterocycles. The zero-order valence-corrected chi connectivity index (χ0v) is 11.8. The van der Waals surface area contributed by atoms with Gasteiger partial charge < -0.3 is 10.5 Å². The van der Waals surface area contributed by atoms with E-state index in [-0.39, 0.29) is 0 Å². The van der Waals surface area contributed by atoms with Gasteiger partial charge in [0.05, 0.1) is 12.3 Å². The molecule has 0 radical (unpaired) electrons. The first kappa shape index (κ1) is 14.2. The molecule has 1 aromatic rings. The molecule has 1 rings (SSSR count). The van der Waals surface area contributed by atoms with Crippen LogP contribution in [-0.4, -0.2) is 17.6 Å². The number of nitrogens with two attached hydrogens (primary N) is 1. The largest absolute Gasteiger partial charge is 0.491 e. The number of hydrogen-bond donors (Lipinski definition) is 1. The van der Waals surface area contributed by atoms with Gasteiger partial charge in [-0.05, 0) is 30.2 Å². The third-order valence-electron chi connectivity index (χ3n) is 2.78. The molecule has 0 bridgehead atoms. The van der Waals surface area contributed by atoms with E-state index >= 15 is 0 Å². The van der Waals surface area contributed by atoms with Gasteiger partial charge in [-0.2, -0.15) is 11.8 Å². The quantitative estimate of drug-likeness (QED) is 0.593. The Bertz CT molecular complexity index is 328. The van der Waals surface area contributed by atoms with Crippen LogP contribution in [0, 0.1) is 5.92 Å². The average Bonchev–Trinajstić information content (AvgIpc) is 2.30. The third-order valence-corrected chi connectivity index (χ3v) is 4.38. The normalized spacial score (nSPS) is 12.7. The Morgan fingerprint density at radius 2 is 1.94 bits per heavy atom. The first-order chi connectivity index (χ1) is 8.11. The summed E-state index contributed by atoms with van der Waals surface area (Å²) in [6.45, 7) is 7.55. The van der Waals surface area contributed by atoms with Crippen LogP contribution in [0.15, 0.2) is 24.3 Å². The van der Waals surface area contributed by atoms with E-state index in [0.29, 0.717) is 0 Å². The van der Waals surface area contributed by atoms with Crippen molar-refractivity contribution in [3.8, 4) is 5.75 Å². The Balaban J connectivity index is 2.15. The van der Waals surface area contributed by atoms with Crippen LogP contribution in [0.5, 0.6) is 5.75 Å². The number of para-hydroxylation sites is 2. The molecular weight excluding hydrogens is 230 g/mol. The average molecular weight is 253 g/mol. The number of rotatable bonds is 7. The molecule has 1 atom stereocenters. The van der Waals surface area contributed by atoms with Gasteiger partial charge in [-0.15, -0.1) is 0 Å². The summed E-state index contributed by atoms with van der Waals surface area (Å²) in [4.78, 5) is 0. The number of nitrogen functional groups attached to an aromatic ring is 1. The van der Waals surface area contributed by atoms with E-state index in [1.807, 2.05) is 36.0 Å². The van der Waals surface area contributed by atoms with Crippen molar-refractivity contribution in [1.82, 2.24) is 0 Å². The van der Waals surface area contributed by atoms with Gasteiger partial charge in [0.1, 0.15) is 5.75 Å². The molecule has 0 aliphatic heterocycles. The highest BCUT2D eigenvalue weighted by atomic mass is 32.2. The predicted octanol–water partition coefficient (Wildman–Crippen LogP) is 3.82. The summed E-state index contributed by atoms with van der Waals surface area (Å²) in [6.07, 6.45) is 1.07.